The minimum Gasteiger partial charge on any atom is -0.493 e. The molecule has 0 aliphatic heterocycles. The zero-order valence-corrected chi connectivity index (χ0v) is 18.2. The maximum absolute atomic E-state index is 13.8. The molecule has 0 atom stereocenters. The lowest BCUT2D eigenvalue weighted by Gasteiger charge is -2.12. The number of aromatic nitrogens is 4. The number of halogens is 1. The fraction of sp³-hybridized carbons (Fsp3) is 0.160. The van der Waals surface area contributed by atoms with Crippen LogP contribution < -0.4 is 14.8 Å². The topological polar surface area (TPSA) is 73.6 Å². The van der Waals surface area contributed by atoms with Crippen LogP contribution >= 0.6 is 0 Å². The quantitative estimate of drug-likeness (QED) is 0.391. The van der Waals surface area contributed by atoms with Crippen molar-refractivity contribution in [2.24, 2.45) is 0 Å². The number of hydrogen-bond acceptors (Lipinski definition) is 6. The van der Waals surface area contributed by atoms with E-state index in [9.17, 15) is 4.39 Å². The van der Waals surface area contributed by atoms with Gasteiger partial charge in [0.25, 0.3) is 0 Å². The van der Waals surface area contributed by atoms with E-state index in [2.05, 4.69) is 15.6 Å². The Morgan fingerprint density at radius 2 is 1.79 bits per heavy atom. The van der Waals surface area contributed by atoms with E-state index in [4.69, 9.17) is 14.5 Å². The lowest BCUT2D eigenvalue weighted by atomic mass is 10.1. The molecule has 7 nitrogen and oxygen atoms in total. The normalized spacial score (nSPS) is 11.1. The predicted octanol–water partition coefficient (Wildman–Crippen LogP) is 4.76. The van der Waals surface area contributed by atoms with Crippen LogP contribution in [0, 0.1) is 5.82 Å². The van der Waals surface area contributed by atoms with Crippen LogP contribution in [-0.4, -0.2) is 40.6 Å². The van der Waals surface area contributed by atoms with Crippen LogP contribution in [0.4, 0.5) is 10.2 Å². The molecule has 0 radical (unpaired) electrons. The maximum atomic E-state index is 13.8. The number of fused-ring (bicyclic) bond motifs is 3. The van der Waals surface area contributed by atoms with Gasteiger partial charge in [-0.05, 0) is 48.4 Å². The molecule has 0 bridgehead atoms. The molecule has 0 unspecified atom stereocenters. The molecule has 0 aliphatic carbocycles. The molecule has 2 aromatic heterocycles. The minimum atomic E-state index is -0.331. The largest absolute Gasteiger partial charge is 0.493 e. The number of ether oxygens (including phenoxy) is 2. The Bertz CT molecular complexity index is 1450. The van der Waals surface area contributed by atoms with Gasteiger partial charge in [-0.2, -0.15) is 4.52 Å². The van der Waals surface area contributed by atoms with Crippen LogP contribution in [0.25, 0.3) is 27.8 Å². The van der Waals surface area contributed by atoms with Crippen molar-refractivity contribution in [2.45, 2.75) is 6.42 Å². The smallest absolute Gasteiger partial charge is 0.186 e. The molecular formula is C25H22FN5O2. The van der Waals surface area contributed by atoms with Gasteiger partial charge in [0.1, 0.15) is 17.3 Å². The van der Waals surface area contributed by atoms with Gasteiger partial charge in [0.15, 0.2) is 17.1 Å². The summed E-state index contributed by atoms with van der Waals surface area (Å²) in [6, 6.07) is 20.0. The van der Waals surface area contributed by atoms with Gasteiger partial charge in [0.2, 0.25) is 0 Å². The number of nitrogens with one attached hydrogen (secondary N) is 1. The maximum Gasteiger partial charge on any atom is 0.186 e. The van der Waals surface area contributed by atoms with Gasteiger partial charge in [-0.3, -0.25) is 0 Å². The molecule has 0 spiro atoms. The zero-order chi connectivity index (χ0) is 22.8. The van der Waals surface area contributed by atoms with Crippen LogP contribution in [0.5, 0.6) is 11.5 Å². The Morgan fingerprint density at radius 3 is 2.61 bits per heavy atom. The first-order valence-corrected chi connectivity index (χ1v) is 10.5. The molecule has 8 heteroatoms. The second-order valence-corrected chi connectivity index (χ2v) is 7.53. The number of rotatable bonds is 7. The molecule has 166 valence electrons. The van der Waals surface area contributed by atoms with Crippen LogP contribution in [0.15, 0.2) is 66.7 Å². The monoisotopic (exact) mass is 443 g/mol. The van der Waals surface area contributed by atoms with Crippen molar-refractivity contribution in [3.05, 3.63) is 78.1 Å². The minimum absolute atomic E-state index is 0.331. The van der Waals surface area contributed by atoms with Gasteiger partial charge >= 0.3 is 0 Å². The second-order valence-electron chi connectivity index (χ2n) is 7.53. The summed E-state index contributed by atoms with van der Waals surface area (Å²) in [5.74, 6) is 1.79. The van der Waals surface area contributed by atoms with Crippen molar-refractivity contribution >= 4 is 22.4 Å². The van der Waals surface area contributed by atoms with Crippen LogP contribution in [0.3, 0.4) is 0 Å². The van der Waals surface area contributed by atoms with E-state index >= 15 is 0 Å². The molecule has 0 saturated carbocycles. The van der Waals surface area contributed by atoms with Crippen molar-refractivity contribution in [1.29, 1.82) is 0 Å². The number of anilines is 1. The van der Waals surface area contributed by atoms with Crippen molar-refractivity contribution in [3.8, 4) is 22.8 Å². The highest BCUT2D eigenvalue weighted by Gasteiger charge is 2.16. The van der Waals surface area contributed by atoms with E-state index in [1.165, 1.54) is 12.1 Å². The van der Waals surface area contributed by atoms with Crippen molar-refractivity contribution in [3.63, 3.8) is 0 Å². The fourth-order valence-electron chi connectivity index (χ4n) is 3.88. The molecule has 1 N–H and O–H groups in total. The summed E-state index contributed by atoms with van der Waals surface area (Å²) in [5, 5.41) is 12.9. The lowest BCUT2D eigenvalue weighted by Crippen LogP contribution is -2.08. The molecule has 0 amide bonds. The highest BCUT2D eigenvalue weighted by atomic mass is 19.1. The SMILES string of the molecule is COc1ccc(CCNc2nc3c(-c4cccc(F)c4)nnn3c3ccccc23)cc1OC. The molecule has 5 aromatic rings. The summed E-state index contributed by atoms with van der Waals surface area (Å²) < 4.78 is 26.2. The summed E-state index contributed by atoms with van der Waals surface area (Å²) in [6.45, 7) is 0.652. The summed E-state index contributed by atoms with van der Waals surface area (Å²) >= 11 is 0. The Hall–Kier alpha value is -4.20. The first kappa shape index (κ1) is 20.7. The van der Waals surface area contributed by atoms with Gasteiger partial charge in [-0.1, -0.05) is 35.5 Å². The first-order chi connectivity index (χ1) is 16.2. The number of nitrogens with zero attached hydrogens (tertiary/aromatic N) is 4. The number of para-hydroxylation sites is 1. The third-order valence-corrected chi connectivity index (χ3v) is 5.50. The Kier molecular flexibility index (Phi) is 5.48. The van der Waals surface area contributed by atoms with Gasteiger partial charge < -0.3 is 14.8 Å². The van der Waals surface area contributed by atoms with Crippen molar-refractivity contribution in [2.75, 3.05) is 26.1 Å². The number of methoxy groups -OCH3 is 2. The van der Waals surface area contributed by atoms with Gasteiger partial charge in [0.05, 0.1) is 19.7 Å². The average molecular weight is 443 g/mol. The molecule has 33 heavy (non-hydrogen) atoms. The molecular weight excluding hydrogens is 421 g/mol. The Morgan fingerprint density at radius 1 is 0.939 bits per heavy atom. The van der Waals surface area contributed by atoms with Crippen LogP contribution in [-0.2, 0) is 6.42 Å². The first-order valence-electron chi connectivity index (χ1n) is 10.5. The second kappa shape index (κ2) is 8.74. The van der Waals surface area contributed by atoms with Gasteiger partial charge in [-0.25, -0.2) is 9.37 Å². The summed E-state index contributed by atoms with van der Waals surface area (Å²) in [6.07, 6.45) is 0.760. The molecule has 0 aliphatic rings. The van der Waals surface area contributed by atoms with Crippen molar-refractivity contribution < 1.29 is 13.9 Å². The summed E-state index contributed by atoms with van der Waals surface area (Å²) in [7, 11) is 3.25. The Labute approximate surface area is 189 Å². The average Bonchev–Trinajstić information content (AvgIpc) is 3.28. The van der Waals surface area contributed by atoms with Crippen LogP contribution in [0.1, 0.15) is 5.56 Å². The standard InChI is InChI=1S/C25H22FN5O2/c1-32-21-11-10-16(14-22(21)33-2)12-13-27-24-19-8-3-4-9-20(19)31-25(28-24)23(29-30-31)17-6-5-7-18(26)15-17/h3-11,14-15H,12-13H2,1-2H3,(H,27,28). The van der Waals surface area contributed by atoms with Gasteiger partial charge in [-0.15, -0.1) is 5.10 Å². The van der Waals surface area contributed by atoms with Gasteiger partial charge in [0, 0.05) is 17.5 Å². The third kappa shape index (κ3) is 3.91. The summed E-state index contributed by atoms with van der Waals surface area (Å²) in [4.78, 5) is 4.82. The highest BCUT2D eigenvalue weighted by molar-refractivity contribution is 5.93. The van der Waals surface area contributed by atoms with E-state index in [1.54, 1.807) is 30.9 Å². The van der Waals surface area contributed by atoms with Crippen LogP contribution in [0.2, 0.25) is 0 Å². The van der Waals surface area contributed by atoms with E-state index in [1.807, 2.05) is 42.5 Å². The fourth-order valence-corrected chi connectivity index (χ4v) is 3.88. The summed E-state index contributed by atoms with van der Waals surface area (Å²) in [5.41, 5.74) is 3.70. The zero-order valence-electron chi connectivity index (χ0n) is 18.2. The van der Waals surface area contributed by atoms with Crippen molar-refractivity contribution in [1.82, 2.24) is 19.8 Å². The van der Waals surface area contributed by atoms with E-state index in [0.717, 1.165) is 28.7 Å². The molecule has 0 saturated heterocycles. The number of hydrogen-bond donors (Lipinski definition) is 1. The third-order valence-electron chi connectivity index (χ3n) is 5.50. The molecule has 2 heterocycles. The Balaban J connectivity index is 1.49. The predicted molar refractivity (Wildman–Crippen MR) is 125 cm³/mol. The van der Waals surface area contributed by atoms with E-state index in [-0.39, 0.29) is 5.82 Å². The molecule has 0 fully saturated rings. The van der Waals surface area contributed by atoms with E-state index in [0.29, 0.717) is 34.9 Å². The van der Waals surface area contributed by atoms with E-state index < -0.39 is 0 Å². The highest BCUT2D eigenvalue weighted by Crippen LogP contribution is 2.29. The number of benzene rings is 3. The molecule has 3 aromatic carbocycles. The lowest BCUT2D eigenvalue weighted by molar-refractivity contribution is 0.354. The molecule has 5 rings (SSSR count).